The zero-order valence-corrected chi connectivity index (χ0v) is 12.4. The summed E-state index contributed by atoms with van der Waals surface area (Å²) in [6.45, 7) is -0.120. The van der Waals surface area contributed by atoms with Gasteiger partial charge in [0.25, 0.3) is 0 Å². The van der Waals surface area contributed by atoms with E-state index < -0.39 is 16.1 Å². The van der Waals surface area contributed by atoms with Crippen LogP contribution < -0.4 is 4.72 Å². The van der Waals surface area contributed by atoms with Gasteiger partial charge in [-0.1, -0.05) is 23.7 Å². The molecular weight excluding hydrogens is 300 g/mol. The molecule has 1 unspecified atom stereocenters. The van der Waals surface area contributed by atoms with Gasteiger partial charge in [-0.05, 0) is 24.3 Å². The molecule has 5 nitrogen and oxygen atoms in total. The maximum Gasteiger partial charge on any atom is 0.242 e. The van der Waals surface area contributed by atoms with Crippen LogP contribution in [0.25, 0.3) is 0 Å². The molecular formula is C13H15ClN2O3S. The van der Waals surface area contributed by atoms with Crippen molar-refractivity contribution in [1.82, 2.24) is 9.29 Å². The molecule has 2 rings (SSSR count). The minimum absolute atomic E-state index is 0.000692. The molecule has 1 aromatic heterocycles. The molecule has 1 aromatic carbocycles. The second-order valence-electron chi connectivity index (χ2n) is 4.34. The Morgan fingerprint density at radius 3 is 2.60 bits per heavy atom. The summed E-state index contributed by atoms with van der Waals surface area (Å²) in [6, 6.07) is 9.67. The van der Waals surface area contributed by atoms with Crippen molar-refractivity contribution in [2.24, 2.45) is 7.05 Å². The second kappa shape index (κ2) is 5.97. The fourth-order valence-corrected chi connectivity index (χ4v) is 3.41. The maximum absolute atomic E-state index is 12.1. The molecule has 0 bridgehead atoms. The molecule has 0 spiro atoms. The van der Waals surface area contributed by atoms with Crippen LogP contribution in [0.15, 0.2) is 47.5 Å². The number of aliphatic hydroxyl groups excluding tert-OH is 1. The SMILES string of the molecule is Cn1cccc1C(O)CNS(=O)(=O)c1ccccc1Cl. The maximum atomic E-state index is 12.1. The Labute approximate surface area is 122 Å². The standard InChI is InChI=1S/C13H15ClN2O3S/c1-16-8-4-6-11(16)12(17)9-15-20(18,19)13-7-3-2-5-10(13)14/h2-8,12,15,17H,9H2,1H3. The molecule has 1 heterocycles. The summed E-state index contributed by atoms with van der Waals surface area (Å²) in [5.74, 6) is 0. The van der Waals surface area contributed by atoms with Gasteiger partial charge in [0.1, 0.15) is 11.0 Å². The summed E-state index contributed by atoms with van der Waals surface area (Å²) >= 11 is 5.86. The fraction of sp³-hybridized carbons (Fsp3) is 0.231. The molecule has 0 radical (unpaired) electrons. The number of hydrogen-bond acceptors (Lipinski definition) is 3. The van der Waals surface area contributed by atoms with Gasteiger partial charge in [0.2, 0.25) is 10.0 Å². The van der Waals surface area contributed by atoms with Crippen molar-refractivity contribution >= 4 is 21.6 Å². The van der Waals surface area contributed by atoms with E-state index in [1.54, 1.807) is 42.1 Å². The topological polar surface area (TPSA) is 71.3 Å². The number of rotatable bonds is 5. The quantitative estimate of drug-likeness (QED) is 0.882. The summed E-state index contributed by atoms with van der Waals surface area (Å²) < 4.78 is 28.3. The van der Waals surface area contributed by atoms with Gasteiger partial charge in [0.15, 0.2) is 0 Å². The Kier molecular flexibility index (Phi) is 4.49. The van der Waals surface area contributed by atoms with Gasteiger partial charge in [-0.15, -0.1) is 0 Å². The fourth-order valence-electron chi connectivity index (χ4n) is 1.85. The smallest absolute Gasteiger partial charge is 0.242 e. The van der Waals surface area contributed by atoms with Crippen molar-refractivity contribution in [1.29, 1.82) is 0 Å². The zero-order chi connectivity index (χ0) is 14.8. The van der Waals surface area contributed by atoms with Crippen LogP contribution in [0.3, 0.4) is 0 Å². The number of hydrogen-bond donors (Lipinski definition) is 2. The van der Waals surface area contributed by atoms with E-state index in [1.807, 2.05) is 0 Å². The molecule has 0 saturated carbocycles. The minimum Gasteiger partial charge on any atom is -0.386 e. The number of nitrogens with zero attached hydrogens (tertiary/aromatic N) is 1. The largest absolute Gasteiger partial charge is 0.386 e. The van der Waals surface area contributed by atoms with E-state index in [9.17, 15) is 13.5 Å². The highest BCUT2D eigenvalue weighted by atomic mass is 35.5. The summed E-state index contributed by atoms with van der Waals surface area (Å²) in [4.78, 5) is 0.000692. The Balaban J connectivity index is 2.11. The predicted octanol–water partition coefficient (Wildman–Crippen LogP) is 1.69. The van der Waals surface area contributed by atoms with Crippen LogP contribution in [0, 0.1) is 0 Å². The molecule has 1 atom stereocenters. The summed E-state index contributed by atoms with van der Waals surface area (Å²) in [5.41, 5.74) is 0.631. The van der Waals surface area contributed by atoms with E-state index in [0.717, 1.165) is 0 Å². The van der Waals surface area contributed by atoms with E-state index in [-0.39, 0.29) is 16.5 Å². The van der Waals surface area contributed by atoms with Crippen LogP contribution in [0.2, 0.25) is 5.02 Å². The van der Waals surface area contributed by atoms with Gasteiger partial charge >= 0.3 is 0 Å². The monoisotopic (exact) mass is 314 g/mol. The number of aryl methyl sites for hydroxylation is 1. The molecule has 2 aromatic rings. The normalized spacial score (nSPS) is 13.3. The Bertz CT molecular complexity index is 697. The van der Waals surface area contributed by atoms with Crippen LogP contribution in [-0.4, -0.2) is 24.6 Å². The van der Waals surface area contributed by atoms with Crippen LogP contribution in [0.1, 0.15) is 11.8 Å². The van der Waals surface area contributed by atoms with E-state index in [4.69, 9.17) is 11.6 Å². The molecule has 2 N–H and O–H groups in total. The summed E-state index contributed by atoms with van der Waals surface area (Å²) in [7, 11) is -1.96. The van der Waals surface area contributed by atoms with Crippen molar-refractivity contribution in [2.75, 3.05) is 6.54 Å². The lowest BCUT2D eigenvalue weighted by atomic mass is 10.2. The molecule has 7 heteroatoms. The summed E-state index contributed by atoms with van der Waals surface area (Å²) in [5, 5.41) is 10.1. The Morgan fingerprint density at radius 2 is 2.00 bits per heavy atom. The van der Waals surface area contributed by atoms with E-state index in [0.29, 0.717) is 5.69 Å². The number of nitrogens with one attached hydrogen (secondary N) is 1. The highest BCUT2D eigenvalue weighted by Gasteiger charge is 2.19. The van der Waals surface area contributed by atoms with E-state index in [1.165, 1.54) is 12.1 Å². The van der Waals surface area contributed by atoms with E-state index >= 15 is 0 Å². The Hall–Kier alpha value is -1.34. The second-order valence-corrected chi connectivity index (χ2v) is 6.48. The molecule has 20 heavy (non-hydrogen) atoms. The predicted molar refractivity (Wildman–Crippen MR) is 77.0 cm³/mol. The number of aromatic nitrogens is 1. The average molecular weight is 315 g/mol. The van der Waals surface area contributed by atoms with Crippen molar-refractivity contribution in [3.63, 3.8) is 0 Å². The molecule has 0 aliphatic carbocycles. The van der Waals surface area contributed by atoms with Crippen LogP contribution in [-0.2, 0) is 17.1 Å². The molecule has 0 aliphatic heterocycles. The minimum atomic E-state index is -3.74. The van der Waals surface area contributed by atoms with Gasteiger partial charge in [0, 0.05) is 25.5 Å². The first kappa shape index (κ1) is 15.1. The van der Waals surface area contributed by atoms with Gasteiger partial charge in [-0.2, -0.15) is 0 Å². The molecule has 0 saturated heterocycles. The first-order valence-corrected chi connectivity index (χ1v) is 7.81. The van der Waals surface area contributed by atoms with Crippen molar-refractivity contribution in [2.45, 2.75) is 11.0 Å². The van der Waals surface area contributed by atoms with Gasteiger partial charge in [-0.3, -0.25) is 0 Å². The van der Waals surface area contributed by atoms with Crippen LogP contribution in [0.4, 0.5) is 0 Å². The molecule has 0 amide bonds. The third-order valence-electron chi connectivity index (χ3n) is 2.92. The van der Waals surface area contributed by atoms with Gasteiger partial charge < -0.3 is 9.67 Å². The highest BCUT2D eigenvalue weighted by Crippen LogP contribution is 2.20. The van der Waals surface area contributed by atoms with E-state index in [2.05, 4.69) is 4.72 Å². The Morgan fingerprint density at radius 1 is 1.30 bits per heavy atom. The van der Waals surface area contributed by atoms with Gasteiger partial charge in [-0.25, -0.2) is 13.1 Å². The molecule has 0 fully saturated rings. The number of halogens is 1. The highest BCUT2D eigenvalue weighted by molar-refractivity contribution is 7.89. The first-order valence-electron chi connectivity index (χ1n) is 5.95. The molecule has 108 valence electrons. The number of aliphatic hydroxyl groups is 1. The van der Waals surface area contributed by atoms with Gasteiger partial charge in [0.05, 0.1) is 5.02 Å². The zero-order valence-electron chi connectivity index (χ0n) is 10.8. The van der Waals surface area contributed by atoms with Crippen LogP contribution in [0.5, 0.6) is 0 Å². The lowest BCUT2D eigenvalue weighted by molar-refractivity contribution is 0.173. The van der Waals surface area contributed by atoms with Crippen molar-refractivity contribution < 1.29 is 13.5 Å². The molecule has 0 aliphatic rings. The number of sulfonamides is 1. The lowest BCUT2D eigenvalue weighted by Crippen LogP contribution is -2.29. The van der Waals surface area contributed by atoms with Crippen LogP contribution >= 0.6 is 11.6 Å². The lowest BCUT2D eigenvalue weighted by Gasteiger charge is -2.14. The van der Waals surface area contributed by atoms with Crippen molar-refractivity contribution in [3.05, 3.63) is 53.3 Å². The first-order chi connectivity index (χ1) is 9.42. The number of benzene rings is 1. The third kappa shape index (κ3) is 3.21. The van der Waals surface area contributed by atoms with Crippen molar-refractivity contribution in [3.8, 4) is 0 Å². The third-order valence-corrected chi connectivity index (χ3v) is 4.84. The average Bonchev–Trinajstić information content (AvgIpc) is 2.83. The summed E-state index contributed by atoms with van der Waals surface area (Å²) in [6.07, 6.45) is 0.855.